The minimum atomic E-state index is -2.14. The van der Waals surface area contributed by atoms with Crippen LogP contribution in [0.5, 0.6) is 0 Å². The lowest BCUT2D eigenvalue weighted by Crippen LogP contribution is -2.42. The van der Waals surface area contributed by atoms with Crippen molar-refractivity contribution in [2.75, 3.05) is 13.1 Å². The van der Waals surface area contributed by atoms with Gasteiger partial charge in [0.2, 0.25) is 0 Å². The van der Waals surface area contributed by atoms with E-state index >= 15 is 0 Å². The minimum absolute atomic E-state index is 0.0420. The molecule has 0 saturated carbocycles. The van der Waals surface area contributed by atoms with Crippen LogP contribution in [0.25, 0.3) is 0 Å². The maximum atomic E-state index is 13.6. The Morgan fingerprint density at radius 1 is 0.821 bits per heavy atom. The van der Waals surface area contributed by atoms with Crippen molar-refractivity contribution in [3.8, 4) is 0 Å². The normalized spacial score (nSPS) is 16.9. The molecule has 0 aromatic heterocycles. The fourth-order valence-corrected chi connectivity index (χ4v) is 9.29. The van der Waals surface area contributed by atoms with Crippen LogP contribution in [0.3, 0.4) is 0 Å². The summed E-state index contributed by atoms with van der Waals surface area (Å²) in [6.07, 6.45) is 2.70. The summed E-state index contributed by atoms with van der Waals surface area (Å²) in [5, 5.41) is 3.81. The van der Waals surface area contributed by atoms with Crippen LogP contribution in [-0.4, -0.2) is 29.6 Å². The van der Waals surface area contributed by atoms with Gasteiger partial charge in [0, 0.05) is 19.5 Å². The summed E-state index contributed by atoms with van der Waals surface area (Å²) in [4.78, 5) is 15.5. The summed E-state index contributed by atoms with van der Waals surface area (Å²) in [5.74, 6) is 0.254. The number of rotatable bonds is 6. The summed E-state index contributed by atoms with van der Waals surface area (Å²) in [7, 11) is -2.14. The minimum Gasteiger partial charge on any atom is -0.335 e. The van der Waals surface area contributed by atoms with Crippen LogP contribution in [-0.2, 0) is 4.79 Å². The van der Waals surface area contributed by atoms with Crippen molar-refractivity contribution in [3.63, 3.8) is 0 Å². The van der Waals surface area contributed by atoms with E-state index < -0.39 is 7.26 Å². The first-order valence-corrected chi connectivity index (χ1v) is 11.6. The molecule has 0 aliphatic carbocycles. The third kappa shape index (κ3) is 3.08. The number of hydrogen-bond donors (Lipinski definition) is 0. The number of carbonyl (C=O) groups excluding carboxylic acids is 1. The zero-order valence-electron chi connectivity index (χ0n) is 15.9. The first kappa shape index (κ1) is 18.7. The molecule has 1 amide bonds. The molecule has 4 rings (SSSR count). The first-order valence-electron chi connectivity index (χ1n) is 9.73. The van der Waals surface area contributed by atoms with Crippen molar-refractivity contribution in [1.29, 1.82) is 0 Å². The van der Waals surface area contributed by atoms with Crippen molar-refractivity contribution < 1.29 is 4.79 Å². The maximum absolute atomic E-state index is 13.6. The van der Waals surface area contributed by atoms with Gasteiger partial charge in [0.05, 0.1) is 0 Å². The molecule has 0 bridgehead atoms. The summed E-state index contributed by atoms with van der Waals surface area (Å²) in [6.45, 7) is 5.25. The van der Waals surface area contributed by atoms with E-state index in [0.717, 1.165) is 13.0 Å². The second-order valence-corrected chi connectivity index (χ2v) is 10.7. The predicted molar refractivity (Wildman–Crippen MR) is 120 cm³/mol. The molecular weight excluding hydrogens is 361 g/mol. The highest BCUT2D eigenvalue weighted by molar-refractivity contribution is 7.96. The van der Waals surface area contributed by atoms with Crippen molar-refractivity contribution in [2.24, 2.45) is 0 Å². The Hall–Kier alpha value is -2.70. The zero-order valence-corrected chi connectivity index (χ0v) is 16.8. The Morgan fingerprint density at radius 2 is 1.25 bits per heavy atom. The number of nitrogens with zero attached hydrogens (tertiary/aromatic N) is 1. The summed E-state index contributed by atoms with van der Waals surface area (Å²) in [6, 6.07) is 31.9. The molecule has 140 valence electrons. The average Bonchev–Trinajstić information content (AvgIpc) is 3.12. The molecule has 0 N–H and O–H groups in total. The van der Waals surface area contributed by atoms with E-state index in [4.69, 9.17) is 0 Å². The van der Waals surface area contributed by atoms with Gasteiger partial charge in [-0.3, -0.25) is 4.79 Å². The van der Waals surface area contributed by atoms with Gasteiger partial charge >= 0.3 is 0 Å². The third-order valence-corrected chi connectivity index (χ3v) is 10.3. The van der Waals surface area contributed by atoms with Crippen molar-refractivity contribution in [2.45, 2.75) is 12.1 Å². The molecule has 1 aliphatic rings. The van der Waals surface area contributed by atoms with Gasteiger partial charge in [0.1, 0.15) is 23.2 Å². The van der Waals surface area contributed by atoms with Crippen molar-refractivity contribution in [1.82, 2.24) is 4.90 Å². The Morgan fingerprint density at radius 3 is 1.64 bits per heavy atom. The second-order valence-electron chi connectivity index (χ2n) is 7.11. The van der Waals surface area contributed by atoms with Gasteiger partial charge in [-0.05, 0) is 36.4 Å². The zero-order chi connectivity index (χ0) is 19.4. The smallest absolute Gasteiger partial charge is 0.264 e. The lowest BCUT2D eigenvalue weighted by atomic mass is 10.3. The van der Waals surface area contributed by atoms with Crippen molar-refractivity contribution in [3.05, 3.63) is 104 Å². The number of likely N-dealkylation sites (tertiary alicyclic amines) is 1. The summed E-state index contributed by atoms with van der Waals surface area (Å²) >= 11 is 0. The first-order chi connectivity index (χ1) is 13.8. The Labute approximate surface area is 167 Å². The van der Waals surface area contributed by atoms with E-state index in [1.165, 1.54) is 15.9 Å². The largest absolute Gasteiger partial charge is 0.335 e. The van der Waals surface area contributed by atoms with E-state index in [1.807, 2.05) is 11.0 Å². The molecule has 1 unspecified atom stereocenters. The highest BCUT2D eigenvalue weighted by Crippen LogP contribution is 2.62. The Balaban J connectivity index is 2.00. The summed E-state index contributed by atoms with van der Waals surface area (Å²) < 4.78 is 0. The molecule has 1 aliphatic heterocycles. The van der Waals surface area contributed by atoms with Gasteiger partial charge in [0.15, 0.2) is 5.66 Å². The SMILES string of the molecule is C=CCN1CCC([P+](c2ccccc2)(c2ccccc2)c2ccccc2)C1=O. The van der Waals surface area contributed by atoms with Gasteiger partial charge in [0.25, 0.3) is 5.91 Å². The lowest BCUT2D eigenvalue weighted by Gasteiger charge is -2.31. The Kier molecular flexibility index (Phi) is 5.41. The number of carbonyl (C=O) groups is 1. The van der Waals surface area contributed by atoms with Gasteiger partial charge in [-0.15, -0.1) is 6.58 Å². The van der Waals surface area contributed by atoms with E-state index in [0.29, 0.717) is 6.54 Å². The van der Waals surface area contributed by atoms with Crippen LogP contribution in [0.4, 0.5) is 0 Å². The molecule has 1 atom stereocenters. The molecule has 2 nitrogen and oxygen atoms in total. The molecule has 3 aromatic rings. The van der Waals surface area contributed by atoms with Crippen molar-refractivity contribution >= 4 is 29.1 Å². The van der Waals surface area contributed by atoms with Gasteiger partial charge < -0.3 is 4.90 Å². The third-order valence-electron chi connectivity index (χ3n) is 5.58. The van der Waals surface area contributed by atoms with E-state index in [-0.39, 0.29) is 11.6 Å². The van der Waals surface area contributed by atoms with Crippen LogP contribution in [0, 0.1) is 0 Å². The van der Waals surface area contributed by atoms with E-state index in [2.05, 4.69) is 97.6 Å². The molecule has 3 heteroatoms. The monoisotopic (exact) mass is 386 g/mol. The molecular formula is C25H25NOP+. The predicted octanol–water partition coefficient (Wildman–Crippen LogP) is 3.77. The fourth-order valence-electron chi connectivity index (χ4n) is 4.40. The van der Waals surface area contributed by atoms with Gasteiger partial charge in [-0.25, -0.2) is 0 Å². The van der Waals surface area contributed by atoms with Gasteiger partial charge in [-0.1, -0.05) is 60.7 Å². The summed E-state index contributed by atoms with van der Waals surface area (Å²) in [5.41, 5.74) is -0.0420. The molecule has 0 spiro atoms. The molecule has 1 heterocycles. The molecule has 1 saturated heterocycles. The van der Waals surface area contributed by atoms with Crippen LogP contribution in [0.2, 0.25) is 0 Å². The number of hydrogen-bond acceptors (Lipinski definition) is 1. The topological polar surface area (TPSA) is 20.3 Å². The highest BCUT2D eigenvalue weighted by atomic mass is 31.2. The highest BCUT2D eigenvalue weighted by Gasteiger charge is 2.58. The molecule has 1 fully saturated rings. The van der Waals surface area contributed by atoms with Crippen LogP contribution >= 0.6 is 7.26 Å². The molecule has 28 heavy (non-hydrogen) atoms. The number of amides is 1. The second kappa shape index (κ2) is 8.12. The van der Waals surface area contributed by atoms with Gasteiger partial charge in [-0.2, -0.15) is 0 Å². The Bertz CT molecular complexity index is 843. The fraction of sp³-hybridized carbons (Fsp3) is 0.160. The van der Waals surface area contributed by atoms with E-state index in [9.17, 15) is 4.79 Å². The molecule has 3 aromatic carbocycles. The van der Waals surface area contributed by atoms with Crippen LogP contribution in [0.1, 0.15) is 6.42 Å². The van der Waals surface area contributed by atoms with E-state index in [1.54, 1.807) is 0 Å². The standard InChI is InChI=1S/C25H25NOP/c1-2-19-26-20-18-24(25(26)27)28(21-12-6-3-7-13-21,22-14-8-4-9-15-22)23-16-10-5-11-17-23/h2-17,24H,1,18-20H2/q+1. The van der Waals surface area contributed by atoms with Crippen LogP contribution in [0.15, 0.2) is 104 Å². The molecule has 0 radical (unpaired) electrons. The van der Waals surface area contributed by atoms with Crippen LogP contribution < -0.4 is 15.9 Å². The maximum Gasteiger partial charge on any atom is 0.264 e. The number of benzene rings is 3. The average molecular weight is 386 g/mol. The lowest BCUT2D eigenvalue weighted by molar-refractivity contribution is -0.126. The quantitative estimate of drug-likeness (QED) is 0.467.